The van der Waals surface area contributed by atoms with Crippen molar-refractivity contribution in [1.29, 1.82) is 0 Å². The highest BCUT2D eigenvalue weighted by Gasteiger charge is 2.70. The smallest absolute Gasteiger partial charge is 0.312 e. The Morgan fingerprint density at radius 1 is 0.833 bits per heavy atom. The molecule has 2 aromatic carbocycles. The summed E-state index contributed by atoms with van der Waals surface area (Å²) in [5.74, 6) is 0.123. The zero-order valence-corrected chi connectivity index (χ0v) is 29.9. The first-order valence-electron chi connectivity index (χ1n) is 18.5. The van der Waals surface area contributed by atoms with E-state index < -0.39 is 23.0 Å². The van der Waals surface area contributed by atoms with Gasteiger partial charge in [0.25, 0.3) is 0 Å². The lowest BCUT2D eigenvalue weighted by Crippen LogP contribution is -2.67. The van der Waals surface area contributed by atoms with Gasteiger partial charge in [-0.15, -0.1) is 0 Å². The van der Waals surface area contributed by atoms with E-state index in [1.54, 1.807) is 0 Å². The minimum absolute atomic E-state index is 0.0262. The van der Waals surface area contributed by atoms with E-state index in [1.165, 1.54) is 5.57 Å². The van der Waals surface area contributed by atoms with Gasteiger partial charge in [0.05, 0.1) is 18.1 Å². The fourth-order valence-corrected chi connectivity index (χ4v) is 12.2. The molecule has 5 nitrogen and oxygen atoms in total. The molecule has 0 spiro atoms. The van der Waals surface area contributed by atoms with Gasteiger partial charge in [-0.2, -0.15) is 0 Å². The molecule has 2 aromatic rings. The monoisotopic (exact) mass is 652 g/mol. The first-order valence-corrected chi connectivity index (χ1v) is 18.5. The molecule has 48 heavy (non-hydrogen) atoms. The van der Waals surface area contributed by atoms with E-state index in [4.69, 9.17) is 4.74 Å². The number of rotatable bonds is 5. The number of ketones is 1. The van der Waals surface area contributed by atoms with Crippen molar-refractivity contribution in [1.82, 2.24) is 0 Å². The van der Waals surface area contributed by atoms with E-state index >= 15 is 0 Å². The van der Waals surface area contributed by atoms with Crippen molar-refractivity contribution in [3.05, 3.63) is 83.4 Å². The number of fused-ring (bicyclic) bond motifs is 7. The Balaban J connectivity index is 1.23. The third-order valence-corrected chi connectivity index (χ3v) is 15.6. The topological polar surface area (TPSA) is 83.8 Å². The lowest BCUT2D eigenvalue weighted by atomic mass is 9.33. The Morgan fingerprint density at radius 2 is 1.44 bits per heavy atom. The highest BCUT2D eigenvalue weighted by molar-refractivity contribution is 5.95. The van der Waals surface area contributed by atoms with Crippen molar-refractivity contribution in [2.75, 3.05) is 6.61 Å². The first-order chi connectivity index (χ1) is 22.7. The molecule has 0 bridgehead atoms. The number of aliphatic hydroxyl groups is 2. The van der Waals surface area contributed by atoms with Gasteiger partial charge in [-0.05, 0) is 115 Å². The average Bonchev–Trinajstić information content (AvgIpc) is 3.08. The van der Waals surface area contributed by atoms with Crippen LogP contribution in [0.15, 0.2) is 72.3 Å². The Hall–Kier alpha value is -2.76. The molecule has 10 atom stereocenters. The molecule has 0 aliphatic heterocycles. The number of esters is 1. The summed E-state index contributed by atoms with van der Waals surface area (Å²) in [6.07, 6.45) is 8.73. The van der Waals surface area contributed by atoms with Crippen LogP contribution in [0.4, 0.5) is 0 Å². The number of benzene rings is 2. The largest absolute Gasteiger partial charge is 0.452 e. The van der Waals surface area contributed by atoms with Crippen LogP contribution in [0.2, 0.25) is 0 Å². The van der Waals surface area contributed by atoms with Crippen LogP contribution in [0.1, 0.15) is 117 Å². The highest BCUT2D eigenvalue weighted by Crippen LogP contribution is 2.75. The number of allylic oxidation sites excluding steroid dienone is 2. The van der Waals surface area contributed by atoms with Crippen molar-refractivity contribution in [3.8, 4) is 0 Å². The van der Waals surface area contributed by atoms with E-state index in [0.29, 0.717) is 12.8 Å². The van der Waals surface area contributed by atoms with E-state index in [1.807, 2.05) is 73.7 Å². The fraction of sp³-hybridized carbons (Fsp3) is 0.628. The van der Waals surface area contributed by atoms with Crippen molar-refractivity contribution >= 4 is 11.8 Å². The molecule has 0 heterocycles. The van der Waals surface area contributed by atoms with Gasteiger partial charge in [0.2, 0.25) is 0 Å². The molecule has 7 rings (SSSR count). The summed E-state index contributed by atoms with van der Waals surface area (Å²) in [6.45, 7) is 13.6. The molecule has 258 valence electrons. The Bertz CT molecular complexity index is 1560. The van der Waals surface area contributed by atoms with Crippen LogP contribution in [0.5, 0.6) is 0 Å². The minimum Gasteiger partial charge on any atom is -0.452 e. The molecule has 5 aliphatic rings. The molecule has 4 fully saturated rings. The molecular formula is C43H56O5. The maximum atomic E-state index is 14.7. The number of hydrogen-bond donors (Lipinski definition) is 2. The summed E-state index contributed by atoms with van der Waals surface area (Å²) in [7, 11) is 0. The third kappa shape index (κ3) is 4.69. The molecule has 5 heteroatoms. The van der Waals surface area contributed by atoms with Crippen molar-refractivity contribution < 1.29 is 24.5 Å². The fourth-order valence-electron chi connectivity index (χ4n) is 12.2. The quantitative estimate of drug-likeness (QED) is 0.316. The van der Waals surface area contributed by atoms with Crippen LogP contribution in [0.3, 0.4) is 0 Å². The Morgan fingerprint density at radius 3 is 2.04 bits per heavy atom. The number of aliphatic hydroxyl groups excluding tert-OH is 2. The third-order valence-electron chi connectivity index (χ3n) is 15.6. The van der Waals surface area contributed by atoms with E-state index in [9.17, 15) is 19.8 Å². The molecule has 0 amide bonds. The molecular weight excluding hydrogens is 596 g/mol. The van der Waals surface area contributed by atoms with Gasteiger partial charge in [0, 0.05) is 11.3 Å². The number of hydrogen-bond acceptors (Lipinski definition) is 5. The molecule has 0 saturated heterocycles. The van der Waals surface area contributed by atoms with Gasteiger partial charge >= 0.3 is 5.97 Å². The van der Waals surface area contributed by atoms with E-state index in [0.717, 1.165) is 56.1 Å². The van der Waals surface area contributed by atoms with E-state index in [2.05, 4.69) is 34.6 Å². The summed E-state index contributed by atoms with van der Waals surface area (Å²) in [6, 6.07) is 20.0. The molecule has 5 aliphatic carbocycles. The number of carbonyl (C=O) groups is 2. The van der Waals surface area contributed by atoms with E-state index in [-0.39, 0.29) is 57.8 Å². The predicted octanol–water partition coefficient (Wildman–Crippen LogP) is 8.63. The maximum Gasteiger partial charge on any atom is 0.312 e. The minimum atomic E-state index is -0.669. The lowest BCUT2D eigenvalue weighted by Gasteiger charge is -2.70. The van der Waals surface area contributed by atoms with Gasteiger partial charge in [-0.3, -0.25) is 9.59 Å². The summed E-state index contributed by atoms with van der Waals surface area (Å²) < 4.78 is 6.51. The zero-order valence-electron chi connectivity index (χ0n) is 29.9. The van der Waals surface area contributed by atoms with Gasteiger partial charge < -0.3 is 14.9 Å². The van der Waals surface area contributed by atoms with Crippen LogP contribution in [-0.2, 0) is 14.3 Å². The molecule has 0 radical (unpaired) electrons. The second-order valence-electron chi connectivity index (χ2n) is 18.1. The maximum absolute atomic E-state index is 14.7. The van der Waals surface area contributed by atoms with Gasteiger partial charge in [-0.25, -0.2) is 0 Å². The molecule has 0 aromatic heterocycles. The summed E-state index contributed by atoms with van der Waals surface area (Å²) >= 11 is 0. The second-order valence-corrected chi connectivity index (χ2v) is 18.1. The summed E-state index contributed by atoms with van der Waals surface area (Å²) in [4.78, 5) is 29.1. The molecule has 2 N–H and O–H groups in total. The lowest BCUT2D eigenvalue weighted by molar-refractivity contribution is -0.213. The normalized spacial score (nSPS) is 43.7. The van der Waals surface area contributed by atoms with Crippen LogP contribution >= 0.6 is 0 Å². The number of carbonyl (C=O) groups excluding carboxylic acids is 2. The van der Waals surface area contributed by atoms with Crippen LogP contribution in [0, 0.1) is 50.2 Å². The summed E-state index contributed by atoms with van der Waals surface area (Å²) in [5, 5.41) is 21.7. The van der Waals surface area contributed by atoms with Gasteiger partial charge in [-0.1, -0.05) is 101 Å². The van der Waals surface area contributed by atoms with Gasteiger partial charge in [0.15, 0.2) is 11.9 Å². The van der Waals surface area contributed by atoms with Gasteiger partial charge in [0.1, 0.15) is 0 Å². The molecule has 0 unspecified atom stereocenters. The van der Waals surface area contributed by atoms with Crippen LogP contribution < -0.4 is 0 Å². The number of ether oxygens (including phenoxy) is 1. The van der Waals surface area contributed by atoms with Crippen LogP contribution in [0.25, 0.3) is 0 Å². The highest BCUT2D eigenvalue weighted by atomic mass is 16.5. The van der Waals surface area contributed by atoms with Crippen molar-refractivity contribution in [2.45, 2.75) is 112 Å². The zero-order chi connectivity index (χ0) is 34.3. The predicted molar refractivity (Wildman–Crippen MR) is 188 cm³/mol. The Labute approximate surface area is 287 Å². The Kier molecular flexibility index (Phi) is 8.00. The van der Waals surface area contributed by atoms with Crippen molar-refractivity contribution in [2.24, 2.45) is 50.2 Å². The first kappa shape index (κ1) is 33.7. The SMILES string of the molecule is C[C@]1(C(=O)OC(c2ccccc2)c2ccccc2)CC[C@]2(C)CC[C@]3(C)C(=CC(=O)[C@@H]4[C@@]5(C)CC[C@H](O)[C@@](C)(CO)[C@@H]5CC[C@]43C)[C@@H]2C1. The second kappa shape index (κ2) is 11.4. The standard InChI is InChI=1S/C43H56O5/c1-38-21-22-39(2,37(47)48-35(28-13-9-7-10-14-28)29-15-11-8-12-16-29)26-31(38)30-25-32(45)36-40(3)19-18-34(46)41(4,27-44)33(40)17-20-43(36,6)42(30,5)24-23-38/h7-16,25,31,33-36,44,46H,17-24,26-27H2,1-6H3/t31-,33+,34-,36+,38+,39-,40-,41-,42+,43+/m0/s1. The molecule has 4 saturated carbocycles. The summed E-state index contributed by atoms with van der Waals surface area (Å²) in [5.41, 5.74) is 1.24. The van der Waals surface area contributed by atoms with Crippen LogP contribution in [-0.4, -0.2) is 34.7 Å². The average molecular weight is 653 g/mol. The van der Waals surface area contributed by atoms with Crippen molar-refractivity contribution in [3.63, 3.8) is 0 Å².